The van der Waals surface area contributed by atoms with Crippen LogP contribution in [-0.2, 0) is 4.79 Å². The number of amides is 1. The first kappa shape index (κ1) is 19.2. The summed E-state index contributed by atoms with van der Waals surface area (Å²) in [6.07, 6.45) is 0. The van der Waals surface area contributed by atoms with Crippen molar-refractivity contribution in [2.75, 3.05) is 17.7 Å². The van der Waals surface area contributed by atoms with Crippen LogP contribution in [0.2, 0.25) is 0 Å². The summed E-state index contributed by atoms with van der Waals surface area (Å²) in [6, 6.07) is 15.3. The van der Waals surface area contributed by atoms with E-state index in [4.69, 9.17) is 4.74 Å². The van der Waals surface area contributed by atoms with E-state index in [1.165, 1.54) is 23.1 Å². The van der Waals surface area contributed by atoms with Crippen molar-refractivity contribution in [3.8, 4) is 5.75 Å². The van der Waals surface area contributed by atoms with Crippen LogP contribution in [0.15, 0.2) is 52.9 Å². The first-order valence-electron chi connectivity index (χ1n) is 8.33. The van der Waals surface area contributed by atoms with Crippen LogP contribution in [-0.4, -0.2) is 28.5 Å². The van der Waals surface area contributed by atoms with Gasteiger partial charge >= 0.3 is 0 Å². The van der Waals surface area contributed by atoms with Gasteiger partial charge in [-0.2, -0.15) is 0 Å². The number of nitrogens with zero attached hydrogens (tertiary/aromatic N) is 2. The maximum Gasteiger partial charge on any atom is 0.237 e. The second-order valence-corrected chi connectivity index (χ2v) is 8.33. The Hall–Kier alpha value is -2.58. The maximum atomic E-state index is 12.4. The van der Waals surface area contributed by atoms with Crippen molar-refractivity contribution in [1.29, 1.82) is 0 Å². The Balaban J connectivity index is 1.61. The highest BCUT2D eigenvalue weighted by Gasteiger charge is 2.18. The lowest BCUT2D eigenvalue weighted by atomic mass is 10.2. The Labute approximate surface area is 166 Å². The highest BCUT2D eigenvalue weighted by molar-refractivity contribution is 8.02. The van der Waals surface area contributed by atoms with Gasteiger partial charge in [0.25, 0.3) is 0 Å². The molecule has 0 unspecified atom stereocenters. The molecule has 0 spiro atoms. The number of hydrogen-bond donors (Lipinski definition) is 2. The molecular weight excluding hydrogens is 380 g/mol. The second kappa shape index (κ2) is 8.88. The second-order valence-electron chi connectivity index (χ2n) is 5.76. The van der Waals surface area contributed by atoms with Gasteiger partial charge in [0.1, 0.15) is 5.75 Å². The number of para-hydroxylation sites is 3. The van der Waals surface area contributed by atoms with E-state index in [0.717, 1.165) is 27.0 Å². The molecule has 0 bridgehead atoms. The van der Waals surface area contributed by atoms with Crippen LogP contribution in [0.4, 0.5) is 16.5 Å². The number of carbonyl (C=O) groups excluding carboxylic acids is 1. The van der Waals surface area contributed by atoms with Crippen LogP contribution >= 0.6 is 23.1 Å². The van der Waals surface area contributed by atoms with Crippen molar-refractivity contribution < 1.29 is 9.53 Å². The molecule has 0 saturated carbocycles. The van der Waals surface area contributed by atoms with Gasteiger partial charge in [0, 0.05) is 5.69 Å². The lowest BCUT2D eigenvalue weighted by molar-refractivity contribution is -0.115. The van der Waals surface area contributed by atoms with Crippen LogP contribution in [0, 0.1) is 6.92 Å². The van der Waals surface area contributed by atoms with Crippen molar-refractivity contribution in [1.82, 2.24) is 10.2 Å². The van der Waals surface area contributed by atoms with Gasteiger partial charge in [0.05, 0.1) is 18.0 Å². The first-order chi connectivity index (χ1) is 13.1. The van der Waals surface area contributed by atoms with E-state index in [1.54, 1.807) is 7.11 Å². The molecular formula is C19H20N4O2S2. The van der Waals surface area contributed by atoms with Gasteiger partial charge in [-0.25, -0.2) is 0 Å². The fraction of sp³-hybridized carbons (Fsp3) is 0.211. The lowest BCUT2D eigenvalue weighted by Gasteiger charge is -2.12. The number of rotatable bonds is 7. The van der Waals surface area contributed by atoms with Crippen LogP contribution in [0.25, 0.3) is 0 Å². The molecule has 27 heavy (non-hydrogen) atoms. The molecule has 1 atom stereocenters. The molecule has 0 aliphatic carbocycles. The quantitative estimate of drug-likeness (QED) is 0.559. The number of thioether (sulfide) groups is 1. The fourth-order valence-corrected chi connectivity index (χ4v) is 4.23. The highest BCUT2D eigenvalue weighted by atomic mass is 32.2. The lowest BCUT2D eigenvalue weighted by Crippen LogP contribution is -2.22. The van der Waals surface area contributed by atoms with Crippen LogP contribution in [0.5, 0.6) is 5.75 Å². The molecule has 3 aromatic rings. The minimum atomic E-state index is -0.295. The summed E-state index contributed by atoms with van der Waals surface area (Å²) in [4.78, 5) is 12.4. The third-order valence-electron chi connectivity index (χ3n) is 3.80. The van der Waals surface area contributed by atoms with Gasteiger partial charge in [0.2, 0.25) is 11.0 Å². The van der Waals surface area contributed by atoms with E-state index in [9.17, 15) is 4.79 Å². The van der Waals surface area contributed by atoms with Gasteiger partial charge in [-0.3, -0.25) is 4.79 Å². The molecule has 1 aromatic heterocycles. The van der Waals surface area contributed by atoms with Gasteiger partial charge in [-0.1, -0.05) is 53.4 Å². The van der Waals surface area contributed by atoms with Crippen LogP contribution < -0.4 is 15.4 Å². The molecule has 0 aliphatic rings. The molecule has 8 heteroatoms. The first-order valence-corrected chi connectivity index (χ1v) is 10.0. The summed E-state index contributed by atoms with van der Waals surface area (Å²) < 4.78 is 6.04. The molecule has 6 nitrogen and oxygen atoms in total. The minimum absolute atomic E-state index is 0.0660. The predicted molar refractivity (Wildman–Crippen MR) is 111 cm³/mol. The smallest absolute Gasteiger partial charge is 0.237 e. The number of carbonyl (C=O) groups is 1. The summed E-state index contributed by atoms with van der Waals surface area (Å²) in [5, 5.41) is 14.8. The number of ether oxygens (including phenoxy) is 1. The van der Waals surface area contributed by atoms with Gasteiger partial charge < -0.3 is 15.4 Å². The molecule has 0 saturated heterocycles. The van der Waals surface area contributed by atoms with Gasteiger partial charge in [0.15, 0.2) is 4.34 Å². The number of aryl methyl sites for hydroxylation is 1. The maximum absolute atomic E-state index is 12.4. The zero-order valence-corrected chi connectivity index (χ0v) is 16.9. The zero-order chi connectivity index (χ0) is 19.2. The molecule has 2 aromatic carbocycles. The van der Waals surface area contributed by atoms with Crippen LogP contribution in [0.1, 0.15) is 12.5 Å². The highest BCUT2D eigenvalue weighted by Crippen LogP contribution is 2.33. The average Bonchev–Trinajstić information content (AvgIpc) is 3.10. The minimum Gasteiger partial charge on any atom is -0.495 e. The van der Waals surface area contributed by atoms with E-state index in [0.29, 0.717) is 5.13 Å². The van der Waals surface area contributed by atoms with Crippen molar-refractivity contribution >= 4 is 45.5 Å². The Kier molecular flexibility index (Phi) is 6.31. The van der Waals surface area contributed by atoms with Gasteiger partial charge in [-0.15, -0.1) is 10.2 Å². The molecule has 0 radical (unpaired) electrons. The molecule has 0 fully saturated rings. The Morgan fingerprint density at radius 1 is 1.11 bits per heavy atom. The van der Waals surface area contributed by atoms with Crippen LogP contribution in [0.3, 0.4) is 0 Å². The van der Waals surface area contributed by atoms with E-state index >= 15 is 0 Å². The number of nitrogens with one attached hydrogen (secondary N) is 2. The summed E-state index contributed by atoms with van der Waals surface area (Å²) in [5.74, 6) is 0.664. The molecule has 2 N–H and O–H groups in total. The monoisotopic (exact) mass is 400 g/mol. The third-order valence-corrected chi connectivity index (χ3v) is 5.83. The molecule has 3 rings (SSSR count). The Bertz CT molecular complexity index is 929. The molecule has 0 aliphatic heterocycles. The standard InChI is InChI=1S/C19H20N4O2S2/c1-12-8-4-5-9-14(12)20-17(24)13(2)26-19-23-22-18(27-19)21-15-10-6-7-11-16(15)25-3/h4-11,13H,1-3H3,(H,20,24)(H,21,22)/t13-/m0/s1. The third kappa shape index (κ3) is 4.99. The molecule has 1 amide bonds. The summed E-state index contributed by atoms with van der Waals surface area (Å²) >= 11 is 2.78. The van der Waals surface area contributed by atoms with Crippen molar-refractivity contribution in [2.24, 2.45) is 0 Å². The SMILES string of the molecule is COc1ccccc1Nc1nnc(S[C@@H](C)C(=O)Nc2ccccc2C)s1. The fourth-order valence-electron chi connectivity index (χ4n) is 2.32. The number of benzene rings is 2. The molecule has 140 valence electrons. The summed E-state index contributed by atoms with van der Waals surface area (Å²) in [5.41, 5.74) is 2.67. The number of anilines is 3. The summed E-state index contributed by atoms with van der Waals surface area (Å²) in [6.45, 7) is 3.82. The van der Waals surface area contributed by atoms with E-state index in [1.807, 2.05) is 62.4 Å². The number of hydrogen-bond acceptors (Lipinski definition) is 7. The molecule has 1 heterocycles. The Morgan fingerprint density at radius 3 is 2.56 bits per heavy atom. The van der Waals surface area contributed by atoms with E-state index < -0.39 is 0 Å². The van der Waals surface area contributed by atoms with Crippen molar-refractivity contribution in [3.63, 3.8) is 0 Å². The van der Waals surface area contributed by atoms with E-state index in [2.05, 4.69) is 20.8 Å². The van der Waals surface area contributed by atoms with E-state index in [-0.39, 0.29) is 11.2 Å². The number of aromatic nitrogens is 2. The average molecular weight is 401 g/mol. The summed E-state index contributed by atoms with van der Waals surface area (Å²) in [7, 11) is 1.62. The van der Waals surface area contributed by atoms with Gasteiger partial charge in [-0.05, 0) is 37.6 Å². The normalized spacial score (nSPS) is 11.7. The topological polar surface area (TPSA) is 76.1 Å². The Morgan fingerprint density at radius 2 is 1.81 bits per heavy atom. The number of methoxy groups -OCH3 is 1. The predicted octanol–water partition coefficient (Wildman–Crippen LogP) is 4.72. The zero-order valence-electron chi connectivity index (χ0n) is 15.2. The van der Waals surface area contributed by atoms with Crippen molar-refractivity contribution in [2.45, 2.75) is 23.4 Å². The van der Waals surface area contributed by atoms with Crippen molar-refractivity contribution in [3.05, 3.63) is 54.1 Å². The largest absolute Gasteiger partial charge is 0.495 e.